The number of hydrogen-bond donors (Lipinski definition) is 2. The summed E-state index contributed by atoms with van der Waals surface area (Å²) in [5.74, 6) is -0.770. The van der Waals surface area contributed by atoms with Gasteiger partial charge in [0.25, 0.3) is 5.91 Å². The highest BCUT2D eigenvalue weighted by Crippen LogP contribution is 2.17. The molecule has 0 saturated carbocycles. The molecule has 0 unspecified atom stereocenters. The van der Waals surface area contributed by atoms with Crippen molar-refractivity contribution in [1.82, 2.24) is 5.32 Å². The van der Waals surface area contributed by atoms with Gasteiger partial charge in [-0.05, 0) is 75.9 Å². The van der Waals surface area contributed by atoms with E-state index in [-0.39, 0.29) is 16.7 Å². The molecule has 3 nitrogen and oxygen atoms in total. The number of carbonyl (C=O) groups is 1. The lowest BCUT2D eigenvalue weighted by Crippen LogP contribution is -2.34. The molecule has 3 aromatic rings. The molecule has 120 valence electrons. The van der Waals surface area contributed by atoms with Gasteiger partial charge in [-0.15, -0.1) is 0 Å². The molecule has 0 fully saturated rings. The van der Waals surface area contributed by atoms with Gasteiger partial charge in [0.1, 0.15) is 5.82 Å². The lowest BCUT2D eigenvalue weighted by molar-refractivity contribution is 0.0978. The fourth-order valence-corrected chi connectivity index (χ4v) is 2.91. The van der Waals surface area contributed by atoms with Crippen molar-refractivity contribution in [2.24, 2.45) is 0 Å². The lowest BCUT2D eigenvalue weighted by Gasteiger charge is -2.11. The average Bonchev–Trinajstić information content (AvgIpc) is 2.57. The van der Waals surface area contributed by atoms with Gasteiger partial charge >= 0.3 is 0 Å². The second-order valence-electron chi connectivity index (χ2n) is 5.09. The van der Waals surface area contributed by atoms with E-state index in [1.165, 1.54) is 6.07 Å². The maximum Gasteiger partial charge on any atom is 0.257 e. The second-order valence-corrected chi connectivity index (χ2v) is 6.75. The number of anilines is 1. The van der Waals surface area contributed by atoms with Crippen molar-refractivity contribution in [3.63, 3.8) is 0 Å². The van der Waals surface area contributed by atoms with E-state index < -0.39 is 5.82 Å². The van der Waals surface area contributed by atoms with E-state index in [9.17, 15) is 9.18 Å². The highest BCUT2D eigenvalue weighted by molar-refractivity contribution is 14.1. The van der Waals surface area contributed by atoms with Crippen LogP contribution in [0, 0.1) is 9.39 Å². The average molecular weight is 450 g/mol. The number of hydrogen-bond acceptors (Lipinski definition) is 2. The molecular formula is C18H12FIN2OS. The molecule has 0 atom stereocenters. The first-order valence-corrected chi connectivity index (χ1v) is 8.58. The molecular weight excluding hydrogens is 438 g/mol. The van der Waals surface area contributed by atoms with Crippen LogP contribution < -0.4 is 10.6 Å². The van der Waals surface area contributed by atoms with E-state index in [0.717, 1.165) is 14.3 Å². The van der Waals surface area contributed by atoms with Gasteiger partial charge < -0.3 is 5.32 Å². The van der Waals surface area contributed by atoms with Crippen LogP contribution in [0.5, 0.6) is 0 Å². The first-order chi connectivity index (χ1) is 11.5. The fourth-order valence-electron chi connectivity index (χ4n) is 2.25. The molecule has 0 bridgehead atoms. The topological polar surface area (TPSA) is 41.1 Å². The van der Waals surface area contributed by atoms with E-state index in [0.29, 0.717) is 5.56 Å². The minimum Gasteiger partial charge on any atom is -0.330 e. The lowest BCUT2D eigenvalue weighted by atomic mass is 10.1. The summed E-state index contributed by atoms with van der Waals surface area (Å²) in [6, 6.07) is 17.9. The Labute approximate surface area is 157 Å². The largest absolute Gasteiger partial charge is 0.330 e. The Balaban J connectivity index is 1.72. The molecule has 0 aliphatic heterocycles. The van der Waals surface area contributed by atoms with Crippen LogP contribution in [0.4, 0.5) is 10.1 Å². The summed E-state index contributed by atoms with van der Waals surface area (Å²) >= 11 is 7.11. The van der Waals surface area contributed by atoms with Crippen molar-refractivity contribution in [1.29, 1.82) is 0 Å². The number of amides is 1. The zero-order valence-corrected chi connectivity index (χ0v) is 15.3. The number of carbonyl (C=O) groups excluding carboxylic acids is 1. The Bertz CT molecular complexity index is 945. The Morgan fingerprint density at radius 1 is 1.00 bits per heavy atom. The van der Waals surface area contributed by atoms with Crippen molar-refractivity contribution in [2.75, 3.05) is 5.32 Å². The van der Waals surface area contributed by atoms with E-state index in [1.807, 2.05) is 52.9 Å². The fraction of sp³-hybridized carbons (Fsp3) is 0. The number of fused-ring (bicyclic) bond motifs is 1. The second kappa shape index (κ2) is 7.23. The predicted molar refractivity (Wildman–Crippen MR) is 107 cm³/mol. The summed E-state index contributed by atoms with van der Waals surface area (Å²) in [6.07, 6.45) is 0. The molecule has 3 aromatic carbocycles. The van der Waals surface area contributed by atoms with E-state index in [2.05, 4.69) is 10.6 Å². The van der Waals surface area contributed by atoms with Crippen LogP contribution in [0.2, 0.25) is 0 Å². The molecule has 0 heterocycles. The van der Waals surface area contributed by atoms with Gasteiger partial charge in [-0.1, -0.05) is 30.3 Å². The van der Waals surface area contributed by atoms with Crippen LogP contribution >= 0.6 is 34.8 Å². The highest BCUT2D eigenvalue weighted by Gasteiger charge is 2.10. The van der Waals surface area contributed by atoms with Gasteiger partial charge in [-0.25, -0.2) is 4.39 Å². The normalized spacial score (nSPS) is 10.4. The van der Waals surface area contributed by atoms with Crippen molar-refractivity contribution < 1.29 is 9.18 Å². The van der Waals surface area contributed by atoms with Crippen molar-refractivity contribution in [3.05, 3.63) is 75.6 Å². The van der Waals surface area contributed by atoms with Gasteiger partial charge in [-0.3, -0.25) is 10.1 Å². The Morgan fingerprint density at radius 3 is 2.50 bits per heavy atom. The van der Waals surface area contributed by atoms with Crippen LogP contribution in [-0.2, 0) is 0 Å². The first-order valence-electron chi connectivity index (χ1n) is 7.09. The number of thiocarbonyl (C=S) groups is 1. The van der Waals surface area contributed by atoms with Crippen LogP contribution in [-0.4, -0.2) is 11.0 Å². The molecule has 1 amide bonds. The van der Waals surface area contributed by atoms with E-state index in [4.69, 9.17) is 12.2 Å². The first kappa shape index (κ1) is 16.8. The molecule has 6 heteroatoms. The maximum absolute atomic E-state index is 13.8. The molecule has 0 aromatic heterocycles. The van der Waals surface area contributed by atoms with Crippen molar-refractivity contribution >= 4 is 62.3 Å². The molecule has 0 spiro atoms. The van der Waals surface area contributed by atoms with Crippen LogP contribution in [0.3, 0.4) is 0 Å². The van der Waals surface area contributed by atoms with Gasteiger partial charge in [-0.2, -0.15) is 0 Å². The summed E-state index contributed by atoms with van der Waals surface area (Å²) in [5.41, 5.74) is 0.708. The molecule has 2 N–H and O–H groups in total. The van der Waals surface area contributed by atoms with Crippen LogP contribution in [0.25, 0.3) is 10.8 Å². The summed E-state index contributed by atoms with van der Waals surface area (Å²) in [6.45, 7) is 0. The van der Waals surface area contributed by atoms with Crippen molar-refractivity contribution in [3.8, 4) is 0 Å². The number of rotatable bonds is 2. The van der Waals surface area contributed by atoms with Crippen LogP contribution in [0.1, 0.15) is 10.4 Å². The van der Waals surface area contributed by atoms with Gasteiger partial charge in [0.2, 0.25) is 0 Å². The third-order valence-electron chi connectivity index (χ3n) is 3.42. The summed E-state index contributed by atoms with van der Waals surface area (Å²) in [7, 11) is 0. The Kier molecular flexibility index (Phi) is 5.06. The molecule has 3 rings (SSSR count). The molecule has 0 aliphatic carbocycles. The monoisotopic (exact) mass is 450 g/mol. The van der Waals surface area contributed by atoms with Crippen LogP contribution in [0.15, 0.2) is 60.7 Å². The Morgan fingerprint density at radius 2 is 1.75 bits per heavy atom. The van der Waals surface area contributed by atoms with Gasteiger partial charge in [0, 0.05) is 9.13 Å². The standard InChI is InChI=1S/C18H12FIN2OS/c19-15-10-14(20)7-8-16(15)21-18(24)22-17(23)13-6-5-11-3-1-2-4-12(11)9-13/h1-10H,(H2,21,22,23,24). The molecule has 24 heavy (non-hydrogen) atoms. The smallest absolute Gasteiger partial charge is 0.257 e. The number of nitrogens with one attached hydrogen (secondary N) is 2. The molecule has 0 radical (unpaired) electrons. The number of halogens is 2. The van der Waals surface area contributed by atoms with Crippen molar-refractivity contribution in [2.45, 2.75) is 0 Å². The summed E-state index contributed by atoms with van der Waals surface area (Å²) < 4.78 is 14.6. The van der Waals surface area contributed by atoms with E-state index in [1.54, 1.807) is 24.3 Å². The predicted octanol–water partition coefficient (Wildman–Crippen LogP) is 4.71. The SMILES string of the molecule is O=C(NC(=S)Nc1ccc(I)cc1F)c1ccc2ccccc2c1. The third kappa shape index (κ3) is 3.88. The maximum atomic E-state index is 13.8. The number of benzene rings is 3. The molecule has 0 aliphatic rings. The zero-order valence-electron chi connectivity index (χ0n) is 12.3. The Hall–Kier alpha value is -2.06. The zero-order chi connectivity index (χ0) is 17.1. The van der Waals surface area contributed by atoms with E-state index >= 15 is 0 Å². The quantitative estimate of drug-likeness (QED) is 0.439. The van der Waals surface area contributed by atoms with Gasteiger partial charge in [0.15, 0.2) is 5.11 Å². The van der Waals surface area contributed by atoms with Gasteiger partial charge in [0.05, 0.1) is 5.69 Å². The summed E-state index contributed by atoms with van der Waals surface area (Å²) in [5, 5.41) is 7.33. The minimum absolute atomic E-state index is 0.0493. The highest BCUT2D eigenvalue weighted by atomic mass is 127. The molecule has 0 saturated heterocycles. The summed E-state index contributed by atoms with van der Waals surface area (Å²) in [4.78, 5) is 12.3. The third-order valence-corrected chi connectivity index (χ3v) is 4.29. The minimum atomic E-state index is -0.427.